The largest absolute Gasteiger partial charge is 0.496 e. The van der Waals surface area contributed by atoms with Gasteiger partial charge in [0.15, 0.2) is 0 Å². The lowest BCUT2D eigenvalue weighted by Gasteiger charge is -2.31. The van der Waals surface area contributed by atoms with Gasteiger partial charge in [0.25, 0.3) is 0 Å². The molecule has 50 heavy (non-hydrogen) atoms. The molecule has 2 atom stereocenters. The summed E-state index contributed by atoms with van der Waals surface area (Å²) in [5.41, 5.74) is 7.18. The van der Waals surface area contributed by atoms with Crippen LogP contribution >= 0.6 is 0 Å². The molecule has 0 heterocycles. The number of ether oxygens (including phenoxy) is 3. The molecule has 1 unspecified atom stereocenters. The highest BCUT2D eigenvalue weighted by atomic mass is 32.2. The third kappa shape index (κ3) is 9.65. The minimum Gasteiger partial charge on any atom is -0.496 e. The van der Waals surface area contributed by atoms with E-state index < -0.39 is 16.1 Å². The Kier molecular flexibility index (Phi) is 12.2. The van der Waals surface area contributed by atoms with Crippen LogP contribution in [0.2, 0.25) is 0 Å². The third-order valence-corrected chi connectivity index (χ3v) is 9.34. The van der Waals surface area contributed by atoms with Gasteiger partial charge in [-0.25, -0.2) is 8.42 Å². The lowest BCUT2D eigenvalue weighted by Crippen LogP contribution is -2.40. The molecule has 5 aromatic rings. The van der Waals surface area contributed by atoms with Crippen LogP contribution in [0.15, 0.2) is 115 Å². The monoisotopic (exact) mass is 694 g/mol. The summed E-state index contributed by atoms with van der Waals surface area (Å²) in [6.45, 7) is 4.55. The van der Waals surface area contributed by atoms with Gasteiger partial charge in [-0.15, -0.1) is 0 Å². The Morgan fingerprint density at radius 3 is 1.72 bits per heavy atom. The predicted octanol–water partition coefficient (Wildman–Crippen LogP) is 7.34. The van der Waals surface area contributed by atoms with E-state index in [1.807, 2.05) is 74.5 Å². The highest BCUT2D eigenvalue weighted by Gasteiger charge is 2.28. The normalized spacial score (nSPS) is 12.7. The van der Waals surface area contributed by atoms with Crippen LogP contribution in [0.4, 0.5) is 5.69 Å². The summed E-state index contributed by atoms with van der Waals surface area (Å²) in [4.78, 5) is 0. The Balaban J connectivity index is 1.47. The van der Waals surface area contributed by atoms with Crippen LogP contribution in [0, 0.1) is 13.8 Å². The van der Waals surface area contributed by atoms with Crippen molar-refractivity contribution in [1.29, 1.82) is 0 Å². The van der Waals surface area contributed by atoms with Gasteiger partial charge in [0.1, 0.15) is 23.9 Å². The number of anilines is 1. The minimum absolute atomic E-state index is 0.104. The molecule has 0 amide bonds. The Labute approximate surface area is 296 Å². The number of benzene rings is 5. The van der Waals surface area contributed by atoms with Gasteiger partial charge in [-0.05, 0) is 83.5 Å². The van der Waals surface area contributed by atoms with Crippen LogP contribution in [0.3, 0.4) is 0 Å². The Bertz CT molecular complexity index is 1920. The first-order valence-corrected chi connectivity index (χ1v) is 18.5. The molecule has 9 heteroatoms. The molecule has 3 N–H and O–H groups in total. The van der Waals surface area contributed by atoms with E-state index in [1.54, 1.807) is 32.4 Å². The van der Waals surface area contributed by atoms with Gasteiger partial charge in [-0.1, -0.05) is 91.0 Å². The number of aliphatic hydroxyl groups is 1. The Morgan fingerprint density at radius 1 is 0.680 bits per heavy atom. The average molecular weight is 695 g/mol. The lowest BCUT2D eigenvalue weighted by molar-refractivity contribution is 0.168. The van der Waals surface area contributed by atoms with Gasteiger partial charge in [0, 0.05) is 18.5 Å². The first-order chi connectivity index (χ1) is 24.0. The van der Waals surface area contributed by atoms with E-state index in [0.717, 1.165) is 51.1 Å². The summed E-state index contributed by atoms with van der Waals surface area (Å²) < 4.78 is 44.4. The van der Waals surface area contributed by atoms with E-state index in [9.17, 15) is 13.5 Å². The number of hydrogen-bond donors (Lipinski definition) is 3. The molecular formula is C41H46N2O6S. The molecule has 262 valence electrons. The highest BCUT2D eigenvalue weighted by Crippen LogP contribution is 2.36. The second kappa shape index (κ2) is 16.7. The summed E-state index contributed by atoms with van der Waals surface area (Å²) in [7, 11) is -0.275. The van der Waals surface area contributed by atoms with Crippen LogP contribution in [0.5, 0.6) is 17.2 Å². The SMILES string of the molecule is COc1ccc(C(c2ccc(OC)c(C)c2)C(Cc2ccccc2)NC[C@H](O)c2ccc(OCc3ccccc3)c(NS(C)(=O)=O)c2)cc1C. The van der Waals surface area contributed by atoms with Crippen LogP contribution in [-0.2, 0) is 23.1 Å². The predicted molar refractivity (Wildman–Crippen MR) is 200 cm³/mol. The number of rotatable bonds is 16. The van der Waals surface area contributed by atoms with E-state index >= 15 is 0 Å². The van der Waals surface area contributed by atoms with Gasteiger partial charge >= 0.3 is 0 Å². The van der Waals surface area contributed by atoms with Crippen molar-refractivity contribution in [3.05, 3.63) is 154 Å². The van der Waals surface area contributed by atoms with Gasteiger partial charge in [-0.3, -0.25) is 4.72 Å². The van der Waals surface area contributed by atoms with Crippen molar-refractivity contribution >= 4 is 15.7 Å². The van der Waals surface area contributed by atoms with Gasteiger partial charge in [-0.2, -0.15) is 0 Å². The van der Waals surface area contributed by atoms with Crippen molar-refractivity contribution < 1.29 is 27.7 Å². The topological polar surface area (TPSA) is 106 Å². The van der Waals surface area contributed by atoms with Crippen LogP contribution in [0.25, 0.3) is 0 Å². The van der Waals surface area contributed by atoms with Crippen molar-refractivity contribution in [2.45, 2.75) is 44.9 Å². The number of sulfonamides is 1. The molecule has 0 radical (unpaired) electrons. The van der Waals surface area contributed by atoms with Crippen molar-refractivity contribution in [1.82, 2.24) is 5.32 Å². The smallest absolute Gasteiger partial charge is 0.229 e. The molecule has 5 aromatic carbocycles. The van der Waals surface area contributed by atoms with E-state index in [-0.39, 0.29) is 30.8 Å². The van der Waals surface area contributed by atoms with Crippen molar-refractivity contribution in [2.24, 2.45) is 0 Å². The zero-order valence-electron chi connectivity index (χ0n) is 29.2. The molecule has 8 nitrogen and oxygen atoms in total. The van der Waals surface area contributed by atoms with Crippen LogP contribution in [0.1, 0.15) is 51.0 Å². The van der Waals surface area contributed by atoms with Crippen LogP contribution < -0.4 is 24.2 Å². The fraction of sp³-hybridized carbons (Fsp3) is 0.268. The quantitative estimate of drug-likeness (QED) is 0.0993. The van der Waals surface area contributed by atoms with E-state index in [4.69, 9.17) is 14.2 Å². The molecule has 0 saturated heterocycles. The summed E-state index contributed by atoms with van der Waals surface area (Å²) in [5, 5.41) is 15.3. The van der Waals surface area contributed by atoms with Crippen molar-refractivity contribution in [2.75, 3.05) is 31.7 Å². The number of methoxy groups -OCH3 is 2. The van der Waals surface area contributed by atoms with Crippen molar-refractivity contribution in [3.8, 4) is 17.2 Å². The Morgan fingerprint density at radius 2 is 1.20 bits per heavy atom. The summed E-state index contributed by atoms with van der Waals surface area (Å²) in [5.74, 6) is 1.90. The molecule has 0 aliphatic heterocycles. The fourth-order valence-corrected chi connectivity index (χ4v) is 6.86. The zero-order chi connectivity index (χ0) is 35.7. The number of hydrogen-bond acceptors (Lipinski definition) is 7. The molecule has 0 aliphatic rings. The second-order valence-electron chi connectivity index (χ2n) is 12.6. The minimum atomic E-state index is -3.62. The molecular weight excluding hydrogens is 649 g/mol. The first-order valence-electron chi connectivity index (χ1n) is 16.6. The van der Waals surface area contributed by atoms with E-state index in [1.165, 1.54) is 0 Å². The van der Waals surface area contributed by atoms with Crippen molar-refractivity contribution in [3.63, 3.8) is 0 Å². The zero-order valence-corrected chi connectivity index (χ0v) is 30.0. The summed E-state index contributed by atoms with van der Waals surface area (Å²) >= 11 is 0. The maximum atomic E-state index is 12.3. The average Bonchev–Trinajstić information content (AvgIpc) is 3.10. The maximum absolute atomic E-state index is 12.3. The first kappa shape index (κ1) is 36.5. The number of aliphatic hydroxyl groups excluding tert-OH is 1. The molecule has 5 rings (SSSR count). The van der Waals surface area contributed by atoms with E-state index in [0.29, 0.717) is 17.7 Å². The van der Waals surface area contributed by atoms with Gasteiger partial charge in [0.2, 0.25) is 10.0 Å². The highest BCUT2D eigenvalue weighted by molar-refractivity contribution is 7.92. The molecule has 0 bridgehead atoms. The molecule has 0 fully saturated rings. The molecule has 0 aromatic heterocycles. The summed E-state index contributed by atoms with van der Waals surface area (Å²) in [6, 6.07) is 37.4. The number of aryl methyl sites for hydroxylation is 2. The molecule has 0 spiro atoms. The standard InChI is InChI=1S/C41H46N2O6S/c1-28-22-33(17-19-38(28)47-3)41(34-18-20-39(48-4)29(2)23-34)36(24-30-12-8-6-9-13-30)42-26-37(44)32-16-21-40(35(25-32)43-50(5,45)46)49-27-31-14-10-7-11-15-31/h6-23,25,36-37,41-44H,24,26-27H2,1-5H3/t36?,37-/m0/s1. The number of nitrogens with one attached hydrogen (secondary N) is 2. The van der Waals surface area contributed by atoms with Gasteiger partial charge < -0.3 is 24.6 Å². The molecule has 0 aliphatic carbocycles. The third-order valence-electron chi connectivity index (χ3n) is 8.75. The lowest BCUT2D eigenvalue weighted by atomic mass is 9.81. The Hall–Kier alpha value is -4.83. The maximum Gasteiger partial charge on any atom is 0.229 e. The molecule has 0 saturated carbocycles. The van der Waals surface area contributed by atoms with Gasteiger partial charge in [0.05, 0.1) is 32.3 Å². The van der Waals surface area contributed by atoms with Crippen LogP contribution in [-0.4, -0.2) is 46.6 Å². The summed E-state index contributed by atoms with van der Waals surface area (Å²) in [6.07, 6.45) is 0.823. The second-order valence-corrected chi connectivity index (χ2v) is 14.3. The fourth-order valence-electron chi connectivity index (χ4n) is 6.30. The van der Waals surface area contributed by atoms with E-state index in [2.05, 4.69) is 46.4 Å².